The second kappa shape index (κ2) is 3.60. The molecule has 0 aliphatic rings. The first-order chi connectivity index (χ1) is 5.59. The molecule has 1 aromatic heterocycles. The third-order valence-corrected chi connectivity index (χ3v) is 1.26. The van der Waals surface area contributed by atoms with Gasteiger partial charge in [-0.2, -0.15) is 0 Å². The normalized spacial score (nSPS) is 9.50. The molecule has 0 saturated heterocycles. The molecule has 6 heteroatoms. The van der Waals surface area contributed by atoms with Crippen LogP contribution in [0.5, 0.6) is 0 Å². The number of rotatable bonds is 2. The number of nitrogens with zero attached hydrogens (tertiary/aromatic N) is 1. The highest BCUT2D eigenvalue weighted by Gasteiger charge is 2.10. The Morgan fingerprint density at radius 1 is 1.58 bits per heavy atom. The highest BCUT2D eigenvalue weighted by Crippen LogP contribution is 2.20. The molecule has 0 bridgehead atoms. The van der Waals surface area contributed by atoms with Gasteiger partial charge >= 0.3 is 5.88 Å². The van der Waals surface area contributed by atoms with Gasteiger partial charge in [0.25, 0.3) is 0 Å². The third kappa shape index (κ3) is 2.25. The summed E-state index contributed by atoms with van der Waals surface area (Å²) >= 11 is 10.6. The Labute approximate surface area is 77.5 Å². The molecule has 12 heavy (non-hydrogen) atoms. The molecule has 1 rings (SSSR count). The lowest BCUT2D eigenvalue weighted by molar-refractivity contribution is -0.402. The Morgan fingerprint density at radius 2 is 2.25 bits per heavy atom. The summed E-state index contributed by atoms with van der Waals surface area (Å²) in [7, 11) is 0. The third-order valence-electron chi connectivity index (χ3n) is 1.04. The van der Waals surface area contributed by atoms with Crippen LogP contribution >= 0.6 is 23.2 Å². The van der Waals surface area contributed by atoms with Crippen LogP contribution in [-0.2, 0) is 0 Å². The molecule has 1 heterocycles. The molecule has 4 nitrogen and oxygen atoms in total. The van der Waals surface area contributed by atoms with Gasteiger partial charge in [0.2, 0.25) is 0 Å². The van der Waals surface area contributed by atoms with Crippen LogP contribution < -0.4 is 0 Å². The predicted octanol–water partition coefficient (Wildman–Crippen LogP) is 2.96. The summed E-state index contributed by atoms with van der Waals surface area (Å²) in [6.07, 6.45) is 1.27. The number of halogens is 2. The topological polar surface area (TPSA) is 56.3 Å². The second-order valence-electron chi connectivity index (χ2n) is 1.87. The summed E-state index contributed by atoms with van der Waals surface area (Å²) in [6, 6.07) is 2.63. The Bertz CT molecular complexity index is 327. The van der Waals surface area contributed by atoms with Gasteiger partial charge in [0.1, 0.15) is 15.2 Å². The van der Waals surface area contributed by atoms with Gasteiger partial charge in [-0.05, 0) is 6.07 Å². The summed E-state index contributed by atoms with van der Waals surface area (Å²) in [6.45, 7) is 0. The second-order valence-corrected chi connectivity index (χ2v) is 2.87. The van der Waals surface area contributed by atoms with Gasteiger partial charge in [-0.25, -0.2) is 0 Å². The molecule has 0 radical (unpaired) electrons. The van der Waals surface area contributed by atoms with Crippen molar-refractivity contribution in [1.29, 1.82) is 0 Å². The van der Waals surface area contributed by atoms with E-state index in [0.29, 0.717) is 0 Å². The van der Waals surface area contributed by atoms with Crippen molar-refractivity contribution in [3.05, 3.63) is 32.5 Å². The summed E-state index contributed by atoms with van der Waals surface area (Å²) in [5.74, 6) is -0.0856. The van der Waals surface area contributed by atoms with E-state index >= 15 is 0 Å². The zero-order valence-corrected chi connectivity index (χ0v) is 7.17. The minimum atomic E-state index is -0.639. The highest BCUT2D eigenvalue weighted by molar-refractivity contribution is 6.57. The molecule has 0 fully saturated rings. The van der Waals surface area contributed by atoms with Crippen molar-refractivity contribution < 1.29 is 9.34 Å². The molecule has 0 spiro atoms. The standard InChI is InChI=1S/C6H3Cl2NO3/c7-5(8)3-4-1-2-6(12-4)9(10)11/h1-3H. The van der Waals surface area contributed by atoms with Crippen molar-refractivity contribution in [2.24, 2.45) is 0 Å². The fourth-order valence-corrected chi connectivity index (χ4v) is 0.841. The number of hydrogen-bond acceptors (Lipinski definition) is 3. The zero-order valence-electron chi connectivity index (χ0n) is 5.66. The predicted molar refractivity (Wildman–Crippen MR) is 45.0 cm³/mol. The van der Waals surface area contributed by atoms with E-state index < -0.39 is 4.92 Å². The van der Waals surface area contributed by atoms with Crippen LogP contribution in [0, 0.1) is 10.1 Å². The lowest BCUT2D eigenvalue weighted by Gasteiger charge is -1.83. The van der Waals surface area contributed by atoms with E-state index in [1.807, 2.05) is 0 Å². The minimum absolute atomic E-state index is 0.0146. The fourth-order valence-electron chi connectivity index (χ4n) is 0.625. The highest BCUT2D eigenvalue weighted by atomic mass is 35.5. The lowest BCUT2D eigenvalue weighted by atomic mass is 10.4. The van der Waals surface area contributed by atoms with Crippen molar-refractivity contribution in [3.63, 3.8) is 0 Å². The van der Waals surface area contributed by atoms with Gasteiger partial charge in [0, 0.05) is 6.08 Å². The molecule has 0 aliphatic carbocycles. The molecule has 0 atom stereocenters. The van der Waals surface area contributed by atoms with Crippen LogP contribution in [0.25, 0.3) is 6.08 Å². The van der Waals surface area contributed by atoms with Gasteiger partial charge in [0.05, 0.1) is 6.07 Å². The van der Waals surface area contributed by atoms with Crippen molar-refractivity contribution in [3.8, 4) is 0 Å². The van der Waals surface area contributed by atoms with Crippen LogP contribution in [-0.4, -0.2) is 4.92 Å². The summed E-state index contributed by atoms with van der Waals surface area (Å²) in [4.78, 5) is 9.49. The molecule has 0 aromatic carbocycles. The Kier molecular flexibility index (Phi) is 2.73. The maximum atomic E-state index is 10.1. The van der Waals surface area contributed by atoms with E-state index in [1.165, 1.54) is 18.2 Å². The van der Waals surface area contributed by atoms with Crippen molar-refractivity contribution in [2.45, 2.75) is 0 Å². The monoisotopic (exact) mass is 207 g/mol. The van der Waals surface area contributed by atoms with Gasteiger partial charge in [-0.3, -0.25) is 10.1 Å². The molecule has 0 saturated carbocycles. The molecule has 0 unspecified atom stereocenters. The van der Waals surface area contributed by atoms with Crippen molar-refractivity contribution >= 4 is 35.2 Å². The number of hydrogen-bond donors (Lipinski definition) is 0. The smallest absolute Gasteiger partial charge is 0.401 e. The lowest BCUT2D eigenvalue weighted by Crippen LogP contribution is -1.82. The minimum Gasteiger partial charge on any atom is -0.401 e. The van der Waals surface area contributed by atoms with Gasteiger partial charge in [0.15, 0.2) is 0 Å². The van der Waals surface area contributed by atoms with Gasteiger partial charge in [-0.15, -0.1) is 0 Å². The fraction of sp³-hybridized carbons (Fsp3) is 0. The Morgan fingerprint density at radius 3 is 2.67 bits per heavy atom. The molecule has 0 amide bonds. The summed E-state index contributed by atoms with van der Waals surface area (Å²) in [5, 5.41) is 10.1. The molecule has 0 N–H and O–H groups in total. The zero-order chi connectivity index (χ0) is 9.14. The van der Waals surface area contributed by atoms with Gasteiger partial charge < -0.3 is 4.42 Å². The maximum absolute atomic E-state index is 10.1. The quantitative estimate of drug-likeness (QED) is 0.554. The average Bonchev–Trinajstić information content (AvgIpc) is 2.34. The van der Waals surface area contributed by atoms with E-state index in [9.17, 15) is 10.1 Å². The largest absolute Gasteiger partial charge is 0.433 e. The molecular formula is C6H3Cl2NO3. The summed E-state index contributed by atoms with van der Waals surface area (Å²) < 4.78 is 4.70. The SMILES string of the molecule is O=[N+]([O-])c1ccc(C=C(Cl)Cl)o1. The average molecular weight is 208 g/mol. The van der Waals surface area contributed by atoms with Crippen LogP contribution in [0.4, 0.5) is 5.88 Å². The Balaban J connectivity index is 2.92. The van der Waals surface area contributed by atoms with Crippen molar-refractivity contribution in [2.75, 3.05) is 0 Å². The molecular weight excluding hydrogens is 205 g/mol. The maximum Gasteiger partial charge on any atom is 0.433 e. The Hall–Kier alpha value is -1.000. The molecule has 64 valence electrons. The van der Waals surface area contributed by atoms with Crippen LogP contribution in [0.3, 0.4) is 0 Å². The number of furan rings is 1. The van der Waals surface area contributed by atoms with E-state index in [-0.39, 0.29) is 16.1 Å². The van der Waals surface area contributed by atoms with Crippen LogP contribution in [0.1, 0.15) is 5.76 Å². The first-order valence-corrected chi connectivity index (χ1v) is 3.62. The van der Waals surface area contributed by atoms with Crippen LogP contribution in [0.15, 0.2) is 21.0 Å². The van der Waals surface area contributed by atoms with Crippen LogP contribution in [0.2, 0.25) is 0 Å². The summed E-state index contributed by atoms with van der Waals surface area (Å²) in [5.41, 5.74) is 0. The van der Waals surface area contributed by atoms with E-state index in [0.717, 1.165) is 0 Å². The number of nitro groups is 1. The molecule has 1 aromatic rings. The van der Waals surface area contributed by atoms with E-state index in [1.54, 1.807) is 0 Å². The first kappa shape index (κ1) is 9.09. The van der Waals surface area contributed by atoms with E-state index in [2.05, 4.69) is 0 Å². The first-order valence-electron chi connectivity index (χ1n) is 2.86. The molecule has 0 aliphatic heterocycles. The van der Waals surface area contributed by atoms with Gasteiger partial charge in [-0.1, -0.05) is 23.2 Å². The van der Waals surface area contributed by atoms with Crippen molar-refractivity contribution in [1.82, 2.24) is 0 Å². The van der Waals surface area contributed by atoms with E-state index in [4.69, 9.17) is 27.6 Å².